The van der Waals surface area contributed by atoms with Gasteiger partial charge in [0.2, 0.25) is 0 Å². The number of para-hydroxylation sites is 1. The molecule has 0 saturated heterocycles. The van der Waals surface area contributed by atoms with E-state index in [9.17, 15) is 21.2 Å². The summed E-state index contributed by atoms with van der Waals surface area (Å²) in [7, 11) is -7.82. The molecular formula is C19H17FN2O4S2. The monoisotopic (exact) mass is 420 g/mol. The van der Waals surface area contributed by atoms with Gasteiger partial charge in [-0.15, -0.1) is 0 Å². The van der Waals surface area contributed by atoms with E-state index in [-0.39, 0.29) is 15.5 Å². The Kier molecular flexibility index (Phi) is 5.39. The standard InChI is InChI=1S/C19H17FN2O4S2/c1-14-7-10-18(13-19(14)20)28(25,26)22-16-8-11-17(12-9-16)27(23,24)21-15-5-3-2-4-6-15/h2-13,21-22H,1H3. The third-order valence-electron chi connectivity index (χ3n) is 3.90. The maximum atomic E-state index is 13.6. The van der Waals surface area contributed by atoms with Crippen LogP contribution in [-0.4, -0.2) is 16.8 Å². The van der Waals surface area contributed by atoms with E-state index in [2.05, 4.69) is 9.44 Å². The first-order valence-corrected chi connectivity index (χ1v) is 11.1. The summed E-state index contributed by atoms with van der Waals surface area (Å²) in [5, 5.41) is 0. The number of halogens is 1. The van der Waals surface area contributed by atoms with Crippen LogP contribution in [0.25, 0.3) is 0 Å². The van der Waals surface area contributed by atoms with Crippen LogP contribution in [0.15, 0.2) is 82.6 Å². The van der Waals surface area contributed by atoms with Gasteiger partial charge in [0.25, 0.3) is 20.0 Å². The molecule has 146 valence electrons. The molecule has 0 saturated carbocycles. The van der Waals surface area contributed by atoms with Crippen LogP contribution in [0.4, 0.5) is 15.8 Å². The van der Waals surface area contributed by atoms with Crippen molar-refractivity contribution in [2.45, 2.75) is 16.7 Å². The van der Waals surface area contributed by atoms with Crippen molar-refractivity contribution in [3.63, 3.8) is 0 Å². The second-order valence-corrected chi connectivity index (χ2v) is 9.38. The van der Waals surface area contributed by atoms with Crippen molar-refractivity contribution in [1.29, 1.82) is 0 Å². The Hall–Kier alpha value is -2.91. The molecule has 0 radical (unpaired) electrons. The predicted octanol–water partition coefficient (Wildman–Crippen LogP) is 3.74. The molecule has 0 aliphatic carbocycles. The first kappa shape index (κ1) is 19.8. The molecule has 0 bridgehead atoms. The van der Waals surface area contributed by atoms with Crippen molar-refractivity contribution in [2.24, 2.45) is 0 Å². The zero-order valence-corrected chi connectivity index (χ0v) is 16.4. The summed E-state index contributed by atoms with van der Waals surface area (Å²) in [5.74, 6) is -0.628. The van der Waals surface area contributed by atoms with Gasteiger partial charge in [0.15, 0.2) is 0 Å². The fourth-order valence-electron chi connectivity index (χ4n) is 2.38. The van der Waals surface area contributed by atoms with Gasteiger partial charge in [0, 0.05) is 11.4 Å². The summed E-state index contributed by atoms with van der Waals surface area (Å²) in [5.41, 5.74) is 0.896. The Balaban J connectivity index is 1.79. The fourth-order valence-corrected chi connectivity index (χ4v) is 4.51. The minimum absolute atomic E-state index is 0.0271. The van der Waals surface area contributed by atoms with Gasteiger partial charge in [-0.2, -0.15) is 0 Å². The van der Waals surface area contributed by atoms with Gasteiger partial charge in [-0.3, -0.25) is 9.44 Å². The number of hydrogen-bond donors (Lipinski definition) is 2. The number of rotatable bonds is 6. The van der Waals surface area contributed by atoms with Gasteiger partial charge in [0.1, 0.15) is 5.82 Å². The average molecular weight is 420 g/mol. The molecule has 0 amide bonds. The first-order valence-electron chi connectivity index (χ1n) is 8.14. The van der Waals surface area contributed by atoms with Crippen LogP contribution in [0.5, 0.6) is 0 Å². The van der Waals surface area contributed by atoms with Crippen LogP contribution >= 0.6 is 0 Å². The molecule has 2 N–H and O–H groups in total. The maximum Gasteiger partial charge on any atom is 0.261 e. The molecule has 0 fully saturated rings. The first-order chi connectivity index (χ1) is 13.2. The van der Waals surface area contributed by atoms with Gasteiger partial charge in [-0.05, 0) is 61.0 Å². The van der Waals surface area contributed by atoms with E-state index in [4.69, 9.17) is 0 Å². The molecule has 0 aromatic heterocycles. The van der Waals surface area contributed by atoms with Crippen LogP contribution < -0.4 is 9.44 Å². The van der Waals surface area contributed by atoms with Crippen LogP contribution in [0.2, 0.25) is 0 Å². The lowest BCUT2D eigenvalue weighted by atomic mass is 10.2. The zero-order valence-electron chi connectivity index (χ0n) is 14.8. The quantitative estimate of drug-likeness (QED) is 0.635. The molecule has 0 heterocycles. The Labute approximate surface area is 163 Å². The molecule has 0 spiro atoms. The topological polar surface area (TPSA) is 92.3 Å². The number of aryl methyl sites for hydroxylation is 1. The van der Waals surface area contributed by atoms with Crippen molar-refractivity contribution in [3.8, 4) is 0 Å². The molecule has 0 aliphatic rings. The lowest BCUT2D eigenvalue weighted by Crippen LogP contribution is -2.15. The van der Waals surface area contributed by atoms with Gasteiger partial charge in [0.05, 0.1) is 9.79 Å². The average Bonchev–Trinajstić information content (AvgIpc) is 2.64. The van der Waals surface area contributed by atoms with Gasteiger partial charge >= 0.3 is 0 Å². The minimum Gasteiger partial charge on any atom is -0.280 e. The third kappa shape index (κ3) is 4.49. The molecule has 3 rings (SSSR count). The van der Waals surface area contributed by atoms with Crippen molar-refractivity contribution in [1.82, 2.24) is 0 Å². The van der Waals surface area contributed by atoms with E-state index in [1.54, 1.807) is 30.3 Å². The highest BCUT2D eigenvalue weighted by molar-refractivity contribution is 7.93. The van der Waals surface area contributed by atoms with E-state index in [1.807, 2.05) is 0 Å². The van der Waals surface area contributed by atoms with Crippen LogP contribution in [0.1, 0.15) is 5.56 Å². The Bertz CT molecular complexity index is 1190. The highest BCUT2D eigenvalue weighted by Crippen LogP contribution is 2.21. The summed E-state index contributed by atoms with van der Waals surface area (Å²) in [6, 6.07) is 17.2. The van der Waals surface area contributed by atoms with E-state index >= 15 is 0 Å². The summed E-state index contributed by atoms with van der Waals surface area (Å²) in [6.45, 7) is 1.53. The number of nitrogens with one attached hydrogen (secondary N) is 2. The fraction of sp³-hybridized carbons (Fsp3) is 0.0526. The molecule has 9 heteroatoms. The molecular weight excluding hydrogens is 403 g/mol. The molecule has 0 atom stereocenters. The third-order valence-corrected chi connectivity index (χ3v) is 6.67. The SMILES string of the molecule is Cc1ccc(S(=O)(=O)Nc2ccc(S(=O)(=O)Nc3ccccc3)cc2)cc1F. The number of anilines is 2. The number of hydrogen-bond acceptors (Lipinski definition) is 4. The molecule has 6 nitrogen and oxygen atoms in total. The second kappa shape index (κ2) is 7.61. The van der Waals surface area contributed by atoms with Crippen molar-refractivity contribution >= 4 is 31.4 Å². The van der Waals surface area contributed by atoms with Crippen molar-refractivity contribution < 1.29 is 21.2 Å². The summed E-state index contributed by atoms with van der Waals surface area (Å²) in [6.07, 6.45) is 0. The highest BCUT2D eigenvalue weighted by Gasteiger charge is 2.18. The van der Waals surface area contributed by atoms with Crippen molar-refractivity contribution in [3.05, 3.63) is 84.2 Å². The molecule has 0 unspecified atom stereocenters. The number of sulfonamides is 2. The number of benzene rings is 3. The second-order valence-electron chi connectivity index (χ2n) is 6.01. The Morgan fingerprint density at radius 2 is 1.18 bits per heavy atom. The van der Waals surface area contributed by atoms with Gasteiger partial charge in [-0.1, -0.05) is 24.3 Å². The van der Waals surface area contributed by atoms with E-state index in [0.717, 1.165) is 6.07 Å². The van der Waals surface area contributed by atoms with Crippen LogP contribution in [0.3, 0.4) is 0 Å². The lowest BCUT2D eigenvalue weighted by Gasteiger charge is -2.11. The molecule has 0 aliphatic heterocycles. The van der Waals surface area contributed by atoms with E-state index in [0.29, 0.717) is 11.3 Å². The van der Waals surface area contributed by atoms with Crippen LogP contribution in [-0.2, 0) is 20.0 Å². The zero-order chi connectivity index (χ0) is 20.4. The Morgan fingerprint density at radius 1 is 0.679 bits per heavy atom. The Morgan fingerprint density at radius 3 is 1.75 bits per heavy atom. The van der Waals surface area contributed by atoms with Crippen LogP contribution in [0, 0.1) is 12.7 Å². The minimum atomic E-state index is -4.00. The highest BCUT2D eigenvalue weighted by atomic mass is 32.2. The molecule has 3 aromatic rings. The maximum absolute atomic E-state index is 13.6. The molecule has 3 aromatic carbocycles. The largest absolute Gasteiger partial charge is 0.280 e. The van der Waals surface area contributed by atoms with Gasteiger partial charge < -0.3 is 0 Å². The van der Waals surface area contributed by atoms with E-state index in [1.165, 1.54) is 43.3 Å². The normalized spacial score (nSPS) is 11.8. The van der Waals surface area contributed by atoms with Gasteiger partial charge in [-0.25, -0.2) is 21.2 Å². The predicted molar refractivity (Wildman–Crippen MR) is 106 cm³/mol. The molecule has 28 heavy (non-hydrogen) atoms. The summed E-state index contributed by atoms with van der Waals surface area (Å²) < 4.78 is 67.9. The lowest BCUT2D eigenvalue weighted by molar-refractivity contribution is 0.593. The van der Waals surface area contributed by atoms with E-state index < -0.39 is 25.9 Å². The van der Waals surface area contributed by atoms with Crippen molar-refractivity contribution in [2.75, 3.05) is 9.44 Å². The summed E-state index contributed by atoms with van der Waals surface area (Å²) in [4.78, 5) is -0.251. The summed E-state index contributed by atoms with van der Waals surface area (Å²) >= 11 is 0. The smallest absolute Gasteiger partial charge is 0.261 e.